The van der Waals surface area contributed by atoms with Gasteiger partial charge in [-0.3, -0.25) is 0 Å². The minimum Gasteiger partial charge on any atom is -0.334 e. The molecule has 0 saturated carbocycles. The summed E-state index contributed by atoms with van der Waals surface area (Å²) < 4.78 is 2.20. The van der Waals surface area contributed by atoms with Gasteiger partial charge in [0, 0.05) is 38.1 Å². The molecule has 1 aliphatic rings. The van der Waals surface area contributed by atoms with Gasteiger partial charge in [0.15, 0.2) is 0 Å². The molecule has 2 heterocycles. The Hall–Kier alpha value is -0.870. The van der Waals surface area contributed by atoms with Gasteiger partial charge in [-0.15, -0.1) is 0 Å². The second kappa shape index (κ2) is 4.97. The van der Waals surface area contributed by atoms with Crippen LogP contribution in [0.4, 0.5) is 0 Å². The van der Waals surface area contributed by atoms with Crippen LogP contribution in [-0.4, -0.2) is 40.1 Å². The van der Waals surface area contributed by atoms with Gasteiger partial charge in [-0.25, -0.2) is 4.98 Å². The van der Waals surface area contributed by atoms with E-state index in [1.807, 2.05) is 19.3 Å². The van der Waals surface area contributed by atoms with Crippen LogP contribution in [0, 0.1) is 12.8 Å². The molecule has 1 aromatic rings. The molecule has 16 heavy (non-hydrogen) atoms. The number of nitrogens with zero attached hydrogens (tertiary/aromatic N) is 3. The monoisotopic (exact) mass is 222 g/mol. The third-order valence-electron chi connectivity index (χ3n) is 3.68. The Kier molecular flexibility index (Phi) is 3.61. The molecular weight excluding hydrogens is 200 g/mol. The number of imidazole rings is 1. The maximum Gasteiger partial charge on any atom is 0.105 e. The predicted molar refractivity (Wildman–Crippen MR) is 65.2 cm³/mol. The first-order valence-electron chi connectivity index (χ1n) is 6.12. The van der Waals surface area contributed by atoms with Gasteiger partial charge in [-0.05, 0) is 25.8 Å². The van der Waals surface area contributed by atoms with E-state index < -0.39 is 0 Å². The van der Waals surface area contributed by atoms with E-state index in [2.05, 4.69) is 21.4 Å². The van der Waals surface area contributed by atoms with Gasteiger partial charge < -0.3 is 15.2 Å². The Bertz CT molecular complexity index is 334. The van der Waals surface area contributed by atoms with Crippen molar-refractivity contribution in [1.29, 1.82) is 0 Å². The van der Waals surface area contributed by atoms with E-state index >= 15 is 0 Å². The average Bonchev–Trinajstić information content (AvgIpc) is 2.66. The lowest BCUT2D eigenvalue weighted by Crippen LogP contribution is -2.48. The van der Waals surface area contributed by atoms with Crippen LogP contribution in [0.1, 0.15) is 19.2 Å². The SMILES string of the molecule is Cc1nccn1CCN1CCC(C)C(N)C1. The lowest BCUT2D eigenvalue weighted by Gasteiger charge is -2.35. The molecule has 0 aliphatic carbocycles. The van der Waals surface area contributed by atoms with Crippen molar-refractivity contribution < 1.29 is 0 Å². The van der Waals surface area contributed by atoms with Crippen LogP contribution in [0.15, 0.2) is 12.4 Å². The number of hydrogen-bond acceptors (Lipinski definition) is 3. The lowest BCUT2D eigenvalue weighted by atomic mass is 9.94. The van der Waals surface area contributed by atoms with Crippen molar-refractivity contribution in [1.82, 2.24) is 14.5 Å². The zero-order valence-corrected chi connectivity index (χ0v) is 10.3. The minimum atomic E-state index is 0.345. The molecule has 4 heteroatoms. The molecule has 0 radical (unpaired) electrons. The summed E-state index contributed by atoms with van der Waals surface area (Å²) in [5.74, 6) is 1.76. The highest BCUT2D eigenvalue weighted by molar-refractivity contribution is 4.89. The van der Waals surface area contributed by atoms with Gasteiger partial charge >= 0.3 is 0 Å². The maximum absolute atomic E-state index is 6.09. The molecule has 2 N–H and O–H groups in total. The fourth-order valence-corrected chi connectivity index (χ4v) is 2.26. The summed E-state index contributed by atoms with van der Waals surface area (Å²) in [6.45, 7) is 8.62. The topological polar surface area (TPSA) is 47.1 Å². The van der Waals surface area contributed by atoms with E-state index in [1.165, 1.54) is 13.0 Å². The van der Waals surface area contributed by atoms with Crippen LogP contribution in [0.5, 0.6) is 0 Å². The van der Waals surface area contributed by atoms with E-state index in [0.717, 1.165) is 25.5 Å². The summed E-state index contributed by atoms with van der Waals surface area (Å²) >= 11 is 0. The third kappa shape index (κ3) is 2.62. The van der Waals surface area contributed by atoms with Gasteiger partial charge in [-0.1, -0.05) is 6.92 Å². The summed E-state index contributed by atoms with van der Waals surface area (Å²) in [6.07, 6.45) is 5.13. The zero-order chi connectivity index (χ0) is 11.5. The minimum absolute atomic E-state index is 0.345. The Labute approximate surface area is 97.4 Å². The van der Waals surface area contributed by atoms with Crippen molar-refractivity contribution in [3.63, 3.8) is 0 Å². The molecule has 2 rings (SSSR count). The molecule has 0 amide bonds. The summed E-state index contributed by atoms with van der Waals surface area (Å²) in [5.41, 5.74) is 6.09. The second-order valence-corrected chi connectivity index (χ2v) is 4.90. The van der Waals surface area contributed by atoms with E-state index in [1.54, 1.807) is 0 Å². The molecule has 4 nitrogen and oxygen atoms in total. The molecule has 1 saturated heterocycles. The largest absolute Gasteiger partial charge is 0.334 e. The first-order chi connectivity index (χ1) is 7.66. The molecule has 2 atom stereocenters. The van der Waals surface area contributed by atoms with Crippen molar-refractivity contribution in [2.75, 3.05) is 19.6 Å². The molecule has 2 unspecified atom stereocenters. The van der Waals surface area contributed by atoms with Crippen molar-refractivity contribution in [3.05, 3.63) is 18.2 Å². The van der Waals surface area contributed by atoms with Crippen molar-refractivity contribution >= 4 is 0 Å². The summed E-state index contributed by atoms with van der Waals surface area (Å²) in [5, 5.41) is 0. The molecule has 1 aliphatic heterocycles. The highest BCUT2D eigenvalue weighted by Gasteiger charge is 2.22. The van der Waals surface area contributed by atoms with Crippen molar-refractivity contribution in [3.8, 4) is 0 Å². The third-order valence-corrected chi connectivity index (χ3v) is 3.68. The summed E-state index contributed by atoms with van der Waals surface area (Å²) in [4.78, 5) is 6.69. The fraction of sp³-hybridized carbons (Fsp3) is 0.750. The quantitative estimate of drug-likeness (QED) is 0.825. The van der Waals surface area contributed by atoms with Crippen LogP contribution in [0.2, 0.25) is 0 Å². The number of aromatic nitrogens is 2. The number of aryl methyl sites for hydroxylation is 1. The fourth-order valence-electron chi connectivity index (χ4n) is 2.26. The number of rotatable bonds is 3. The van der Waals surface area contributed by atoms with Crippen LogP contribution in [-0.2, 0) is 6.54 Å². The van der Waals surface area contributed by atoms with Gasteiger partial charge in [0.05, 0.1) is 0 Å². The van der Waals surface area contributed by atoms with E-state index in [4.69, 9.17) is 5.73 Å². The molecule has 1 aromatic heterocycles. The highest BCUT2D eigenvalue weighted by atomic mass is 15.2. The Morgan fingerprint density at radius 3 is 2.94 bits per heavy atom. The van der Waals surface area contributed by atoms with Gasteiger partial charge in [0.2, 0.25) is 0 Å². The zero-order valence-electron chi connectivity index (χ0n) is 10.3. The molecular formula is C12H22N4. The Balaban J connectivity index is 1.81. The van der Waals surface area contributed by atoms with Crippen molar-refractivity contribution in [2.45, 2.75) is 32.9 Å². The predicted octanol–water partition coefficient (Wildman–Crippen LogP) is 0.861. The van der Waals surface area contributed by atoms with Crippen LogP contribution in [0.3, 0.4) is 0 Å². The van der Waals surface area contributed by atoms with Gasteiger partial charge in [0.25, 0.3) is 0 Å². The smallest absolute Gasteiger partial charge is 0.105 e. The van der Waals surface area contributed by atoms with Gasteiger partial charge in [-0.2, -0.15) is 0 Å². The number of nitrogens with two attached hydrogens (primary N) is 1. The molecule has 0 spiro atoms. The number of hydrogen-bond donors (Lipinski definition) is 1. The van der Waals surface area contributed by atoms with Crippen LogP contribution < -0.4 is 5.73 Å². The lowest BCUT2D eigenvalue weighted by molar-refractivity contribution is 0.164. The van der Waals surface area contributed by atoms with E-state index in [0.29, 0.717) is 12.0 Å². The first kappa shape index (κ1) is 11.6. The second-order valence-electron chi connectivity index (χ2n) is 4.90. The number of piperidine rings is 1. The Morgan fingerprint density at radius 2 is 2.31 bits per heavy atom. The van der Waals surface area contributed by atoms with Crippen LogP contribution in [0.25, 0.3) is 0 Å². The molecule has 0 aromatic carbocycles. The molecule has 0 bridgehead atoms. The molecule has 90 valence electrons. The van der Waals surface area contributed by atoms with Crippen molar-refractivity contribution in [2.24, 2.45) is 11.7 Å². The highest BCUT2D eigenvalue weighted by Crippen LogP contribution is 2.15. The number of likely N-dealkylation sites (tertiary alicyclic amines) is 1. The molecule has 1 fully saturated rings. The Morgan fingerprint density at radius 1 is 1.50 bits per heavy atom. The van der Waals surface area contributed by atoms with E-state index in [-0.39, 0.29) is 0 Å². The summed E-state index contributed by atoms with van der Waals surface area (Å²) in [7, 11) is 0. The normalized spacial score (nSPS) is 27.2. The first-order valence-corrected chi connectivity index (χ1v) is 6.12. The van der Waals surface area contributed by atoms with Gasteiger partial charge in [0.1, 0.15) is 5.82 Å². The standard InChI is InChI=1S/C12H22N4/c1-10-3-5-15(9-12(10)13)7-8-16-6-4-14-11(16)2/h4,6,10,12H,3,5,7-9,13H2,1-2H3. The van der Waals surface area contributed by atoms with Crippen LogP contribution >= 0.6 is 0 Å². The summed E-state index contributed by atoms with van der Waals surface area (Å²) in [6, 6.07) is 0.345. The average molecular weight is 222 g/mol. The maximum atomic E-state index is 6.09. The van der Waals surface area contributed by atoms with E-state index in [9.17, 15) is 0 Å².